The van der Waals surface area contributed by atoms with E-state index < -0.39 is 5.91 Å². The molecule has 3 rings (SSSR count). The van der Waals surface area contributed by atoms with Crippen LogP contribution < -0.4 is 5.32 Å². The third kappa shape index (κ3) is 2.75. The lowest BCUT2D eigenvalue weighted by molar-refractivity contribution is -0.137. The number of aliphatic hydroxyl groups excluding tert-OH is 1. The number of nitrogens with zero attached hydrogens (tertiary/aromatic N) is 2. The zero-order valence-corrected chi connectivity index (χ0v) is 12.5. The van der Waals surface area contributed by atoms with E-state index in [0.717, 1.165) is 30.1 Å². The molecule has 0 aromatic heterocycles. The summed E-state index contributed by atoms with van der Waals surface area (Å²) in [6, 6.07) is 6.02. The predicted octanol–water partition coefficient (Wildman–Crippen LogP) is 0.331. The normalized spacial score (nSPS) is 18.5. The van der Waals surface area contributed by atoms with Crippen molar-refractivity contribution in [1.29, 1.82) is 0 Å². The van der Waals surface area contributed by atoms with Gasteiger partial charge in [0, 0.05) is 24.9 Å². The van der Waals surface area contributed by atoms with Crippen LogP contribution in [0.15, 0.2) is 30.0 Å². The molecule has 0 saturated carbocycles. The van der Waals surface area contributed by atoms with Gasteiger partial charge in [-0.3, -0.25) is 14.5 Å². The van der Waals surface area contributed by atoms with Crippen LogP contribution in [0.4, 0.5) is 5.69 Å². The van der Waals surface area contributed by atoms with E-state index in [2.05, 4.69) is 23.3 Å². The van der Waals surface area contributed by atoms with Gasteiger partial charge in [-0.25, -0.2) is 0 Å². The van der Waals surface area contributed by atoms with Crippen LogP contribution in [0.5, 0.6) is 0 Å². The smallest absolute Gasteiger partial charge is 0.277 e. The second kappa shape index (κ2) is 5.90. The summed E-state index contributed by atoms with van der Waals surface area (Å²) < 4.78 is 0. The first kappa shape index (κ1) is 14.7. The molecule has 2 N–H and O–H groups in total. The number of aliphatic hydroxyl groups is 1. The molecule has 2 aliphatic rings. The number of imide groups is 1. The van der Waals surface area contributed by atoms with Crippen LogP contribution in [0.2, 0.25) is 0 Å². The van der Waals surface area contributed by atoms with Crippen molar-refractivity contribution in [2.24, 2.45) is 0 Å². The number of fused-ring (bicyclic) bond motifs is 1. The Kier molecular flexibility index (Phi) is 3.96. The monoisotopic (exact) mass is 301 g/mol. The first-order chi connectivity index (χ1) is 10.6. The molecule has 0 radical (unpaired) electrons. The fourth-order valence-corrected chi connectivity index (χ4v) is 2.84. The lowest BCUT2D eigenvalue weighted by Gasteiger charge is -2.25. The first-order valence-electron chi connectivity index (χ1n) is 7.34. The van der Waals surface area contributed by atoms with Crippen LogP contribution >= 0.6 is 0 Å². The van der Waals surface area contributed by atoms with Crippen LogP contribution in [-0.4, -0.2) is 53.5 Å². The van der Waals surface area contributed by atoms with Crippen LogP contribution in [0, 0.1) is 0 Å². The number of hydrogen-bond acceptors (Lipinski definition) is 5. The summed E-state index contributed by atoms with van der Waals surface area (Å²) in [5, 5.41) is 11.9. The number of benzene rings is 1. The third-order valence-electron chi connectivity index (χ3n) is 4.02. The number of amides is 2. The average Bonchev–Trinajstić information content (AvgIpc) is 2.75. The van der Waals surface area contributed by atoms with E-state index in [-0.39, 0.29) is 24.8 Å². The standard InChI is InChI=1S/C16H19N3O3/c1-18-5-4-11-2-3-13(8-12(11)10-18)17-14-9-15(21)19(6-7-20)16(14)22/h2-3,8-9,17,20H,4-7,10H2,1H3. The number of β-amino-alcohol motifs (C(OH)–C–C–N with tert-alkyl or cyclic N) is 1. The molecule has 1 aromatic rings. The highest BCUT2D eigenvalue weighted by Crippen LogP contribution is 2.24. The Bertz CT molecular complexity index is 654. The molecular formula is C16H19N3O3. The Morgan fingerprint density at radius 3 is 2.86 bits per heavy atom. The van der Waals surface area contributed by atoms with Gasteiger partial charge in [0.1, 0.15) is 5.70 Å². The zero-order valence-electron chi connectivity index (χ0n) is 12.5. The van der Waals surface area contributed by atoms with Gasteiger partial charge in [-0.05, 0) is 36.7 Å². The molecular weight excluding hydrogens is 282 g/mol. The molecule has 6 heteroatoms. The zero-order chi connectivity index (χ0) is 15.7. The fraction of sp³-hybridized carbons (Fsp3) is 0.375. The topological polar surface area (TPSA) is 72.9 Å². The molecule has 22 heavy (non-hydrogen) atoms. The van der Waals surface area contributed by atoms with E-state index in [1.807, 2.05) is 12.1 Å². The van der Waals surface area contributed by atoms with Crippen molar-refractivity contribution in [2.75, 3.05) is 32.1 Å². The van der Waals surface area contributed by atoms with E-state index in [9.17, 15) is 9.59 Å². The van der Waals surface area contributed by atoms with E-state index in [0.29, 0.717) is 0 Å². The predicted molar refractivity (Wildman–Crippen MR) is 82.0 cm³/mol. The van der Waals surface area contributed by atoms with Gasteiger partial charge in [0.2, 0.25) is 0 Å². The molecule has 0 spiro atoms. The maximum Gasteiger partial charge on any atom is 0.277 e. The maximum absolute atomic E-state index is 12.1. The van der Waals surface area contributed by atoms with E-state index in [4.69, 9.17) is 5.11 Å². The molecule has 0 fully saturated rings. The second-order valence-electron chi connectivity index (χ2n) is 5.67. The van der Waals surface area contributed by atoms with Gasteiger partial charge < -0.3 is 15.3 Å². The van der Waals surface area contributed by atoms with Gasteiger partial charge in [-0.1, -0.05) is 6.07 Å². The summed E-state index contributed by atoms with van der Waals surface area (Å²) >= 11 is 0. The van der Waals surface area contributed by atoms with E-state index in [1.165, 1.54) is 17.2 Å². The molecule has 1 aromatic carbocycles. The summed E-state index contributed by atoms with van der Waals surface area (Å²) in [5.41, 5.74) is 3.62. The largest absolute Gasteiger partial charge is 0.395 e. The minimum Gasteiger partial charge on any atom is -0.395 e. The number of likely N-dealkylation sites (N-methyl/N-ethyl adjacent to an activating group) is 1. The minimum absolute atomic E-state index is 0.0222. The van der Waals surface area contributed by atoms with Gasteiger partial charge in [-0.2, -0.15) is 0 Å². The second-order valence-corrected chi connectivity index (χ2v) is 5.67. The Morgan fingerprint density at radius 1 is 1.27 bits per heavy atom. The van der Waals surface area contributed by atoms with Crippen LogP contribution in [0.3, 0.4) is 0 Å². The van der Waals surface area contributed by atoms with Crippen molar-refractivity contribution in [3.8, 4) is 0 Å². The Morgan fingerprint density at radius 2 is 2.09 bits per heavy atom. The highest BCUT2D eigenvalue weighted by Gasteiger charge is 2.30. The Labute approximate surface area is 129 Å². The van der Waals surface area contributed by atoms with Crippen molar-refractivity contribution >= 4 is 17.5 Å². The average molecular weight is 301 g/mol. The summed E-state index contributed by atoms with van der Waals surface area (Å²) in [7, 11) is 2.08. The molecule has 2 aliphatic heterocycles. The molecule has 2 heterocycles. The van der Waals surface area contributed by atoms with Gasteiger partial charge in [0.05, 0.1) is 13.2 Å². The summed E-state index contributed by atoms with van der Waals surface area (Å²) in [6.45, 7) is 1.72. The number of carbonyl (C=O) groups excluding carboxylic acids is 2. The third-order valence-corrected chi connectivity index (χ3v) is 4.02. The van der Waals surface area contributed by atoms with Crippen molar-refractivity contribution in [2.45, 2.75) is 13.0 Å². The molecule has 116 valence electrons. The SMILES string of the molecule is CN1CCc2ccc(NC3=CC(=O)N(CCO)C3=O)cc2C1. The quantitative estimate of drug-likeness (QED) is 0.784. The summed E-state index contributed by atoms with van der Waals surface area (Å²) in [4.78, 5) is 27.1. The van der Waals surface area contributed by atoms with Crippen LogP contribution in [-0.2, 0) is 22.6 Å². The minimum atomic E-state index is -0.395. The summed E-state index contributed by atoms with van der Waals surface area (Å²) in [5.74, 6) is -0.784. The highest BCUT2D eigenvalue weighted by molar-refractivity contribution is 6.17. The van der Waals surface area contributed by atoms with Crippen molar-refractivity contribution in [3.05, 3.63) is 41.1 Å². The molecule has 0 saturated heterocycles. The number of hydrogen-bond donors (Lipinski definition) is 2. The fourth-order valence-electron chi connectivity index (χ4n) is 2.84. The summed E-state index contributed by atoms with van der Waals surface area (Å²) in [6.07, 6.45) is 2.31. The van der Waals surface area contributed by atoms with E-state index in [1.54, 1.807) is 0 Å². The molecule has 2 amide bonds. The van der Waals surface area contributed by atoms with Gasteiger partial charge in [0.25, 0.3) is 11.8 Å². The lowest BCUT2D eigenvalue weighted by atomic mass is 9.99. The van der Waals surface area contributed by atoms with Crippen molar-refractivity contribution in [3.63, 3.8) is 0 Å². The Hall–Kier alpha value is -2.18. The highest BCUT2D eigenvalue weighted by atomic mass is 16.3. The van der Waals surface area contributed by atoms with Gasteiger partial charge in [-0.15, -0.1) is 0 Å². The molecule has 0 aliphatic carbocycles. The van der Waals surface area contributed by atoms with Gasteiger partial charge >= 0.3 is 0 Å². The first-order valence-corrected chi connectivity index (χ1v) is 7.34. The van der Waals surface area contributed by atoms with E-state index >= 15 is 0 Å². The Balaban J connectivity index is 1.77. The molecule has 0 atom stereocenters. The van der Waals surface area contributed by atoms with Gasteiger partial charge in [0.15, 0.2) is 0 Å². The molecule has 6 nitrogen and oxygen atoms in total. The van der Waals surface area contributed by atoms with Crippen LogP contribution in [0.1, 0.15) is 11.1 Å². The van der Waals surface area contributed by atoms with Crippen molar-refractivity contribution < 1.29 is 14.7 Å². The molecule has 0 unspecified atom stereocenters. The van der Waals surface area contributed by atoms with Crippen molar-refractivity contribution in [1.82, 2.24) is 9.80 Å². The van der Waals surface area contributed by atoms with Crippen LogP contribution in [0.25, 0.3) is 0 Å². The number of rotatable bonds is 4. The molecule has 0 bridgehead atoms. The lowest BCUT2D eigenvalue weighted by Crippen LogP contribution is -2.34. The number of nitrogens with one attached hydrogen (secondary N) is 1. The number of anilines is 1. The maximum atomic E-state index is 12.1. The number of carbonyl (C=O) groups is 2.